The zero-order chi connectivity index (χ0) is 24.8. The SMILES string of the molecule is CNC(=O)C(C)N(Cc1ccc(Cl)cc1Cl)C(=O)CCCN(c1ccc(F)cc1)S(C)(=O)=O. The third-order valence-corrected chi connectivity index (χ3v) is 6.82. The van der Waals surface area contributed by atoms with Gasteiger partial charge in [0.1, 0.15) is 11.9 Å². The molecule has 11 heteroatoms. The van der Waals surface area contributed by atoms with Crippen molar-refractivity contribution in [3.63, 3.8) is 0 Å². The highest BCUT2D eigenvalue weighted by Gasteiger charge is 2.26. The van der Waals surface area contributed by atoms with Crippen LogP contribution in [0.4, 0.5) is 10.1 Å². The van der Waals surface area contributed by atoms with E-state index in [1.54, 1.807) is 25.1 Å². The topological polar surface area (TPSA) is 86.8 Å². The lowest BCUT2D eigenvalue weighted by Gasteiger charge is -2.29. The van der Waals surface area contributed by atoms with Crippen LogP contribution in [0.5, 0.6) is 0 Å². The molecule has 0 saturated heterocycles. The first-order valence-corrected chi connectivity index (χ1v) is 12.7. The average Bonchev–Trinajstić information content (AvgIpc) is 2.75. The van der Waals surface area contributed by atoms with Gasteiger partial charge in [0.05, 0.1) is 11.9 Å². The van der Waals surface area contributed by atoms with Crippen molar-refractivity contribution in [1.29, 1.82) is 0 Å². The van der Waals surface area contributed by atoms with Crippen LogP contribution < -0.4 is 9.62 Å². The van der Waals surface area contributed by atoms with Crippen LogP contribution >= 0.6 is 23.2 Å². The van der Waals surface area contributed by atoms with Crippen LogP contribution in [-0.4, -0.2) is 51.0 Å². The Kier molecular flexibility index (Phi) is 9.51. The van der Waals surface area contributed by atoms with Crippen LogP contribution in [0, 0.1) is 5.82 Å². The number of carbonyl (C=O) groups excluding carboxylic acids is 2. The lowest BCUT2D eigenvalue weighted by molar-refractivity contribution is -0.140. The molecule has 2 rings (SSSR count). The highest BCUT2D eigenvalue weighted by molar-refractivity contribution is 7.92. The lowest BCUT2D eigenvalue weighted by Crippen LogP contribution is -2.46. The molecule has 0 aromatic heterocycles. The molecule has 33 heavy (non-hydrogen) atoms. The summed E-state index contributed by atoms with van der Waals surface area (Å²) in [4.78, 5) is 26.7. The number of hydrogen-bond donors (Lipinski definition) is 1. The normalized spacial score (nSPS) is 12.2. The Balaban J connectivity index is 2.16. The zero-order valence-corrected chi connectivity index (χ0v) is 20.8. The minimum atomic E-state index is -3.65. The predicted octanol–water partition coefficient (Wildman–Crippen LogP) is 3.84. The second kappa shape index (κ2) is 11.7. The van der Waals surface area contributed by atoms with Gasteiger partial charge in [0.15, 0.2) is 0 Å². The Hall–Kier alpha value is -2.36. The zero-order valence-electron chi connectivity index (χ0n) is 18.5. The molecule has 0 spiro atoms. The Morgan fingerprint density at radius 1 is 1.12 bits per heavy atom. The van der Waals surface area contributed by atoms with Crippen molar-refractivity contribution >= 4 is 50.7 Å². The summed E-state index contributed by atoms with van der Waals surface area (Å²) in [5, 5.41) is 3.34. The molecule has 2 aromatic carbocycles. The molecule has 2 aromatic rings. The Bertz CT molecular complexity index is 1100. The molecular weight excluding hydrogens is 492 g/mol. The molecule has 0 saturated carbocycles. The fraction of sp³-hybridized carbons (Fsp3) is 0.364. The number of halogens is 3. The Labute approximate surface area is 203 Å². The van der Waals surface area contributed by atoms with Gasteiger partial charge in [-0.05, 0) is 55.3 Å². The number of nitrogens with zero attached hydrogens (tertiary/aromatic N) is 2. The number of anilines is 1. The van der Waals surface area contributed by atoms with Crippen LogP contribution in [0.15, 0.2) is 42.5 Å². The molecule has 0 aliphatic heterocycles. The minimum Gasteiger partial charge on any atom is -0.357 e. The summed E-state index contributed by atoms with van der Waals surface area (Å²) in [5.41, 5.74) is 0.920. The number of hydrogen-bond acceptors (Lipinski definition) is 4. The molecule has 0 aliphatic rings. The summed E-state index contributed by atoms with van der Waals surface area (Å²) >= 11 is 12.2. The number of nitrogens with one attached hydrogen (secondary N) is 1. The van der Waals surface area contributed by atoms with E-state index in [0.717, 1.165) is 10.6 Å². The van der Waals surface area contributed by atoms with E-state index < -0.39 is 21.9 Å². The van der Waals surface area contributed by atoms with Crippen LogP contribution in [-0.2, 0) is 26.2 Å². The Morgan fingerprint density at radius 2 is 1.76 bits per heavy atom. The smallest absolute Gasteiger partial charge is 0.242 e. The van der Waals surface area contributed by atoms with E-state index in [-0.39, 0.29) is 37.7 Å². The number of rotatable bonds is 10. The molecule has 1 atom stereocenters. The largest absolute Gasteiger partial charge is 0.357 e. The number of amides is 2. The minimum absolute atomic E-state index is 0.0140. The molecule has 0 aliphatic carbocycles. The van der Waals surface area contributed by atoms with Gasteiger partial charge >= 0.3 is 0 Å². The van der Waals surface area contributed by atoms with Gasteiger partial charge in [-0.3, -0.25) is 13.9 Å². The van der Waals surface area contributed by atoms with Gasteiger partial charge in [0.25, 0.3) is 0 Å². The maximum Gasteiger partial charge on any atom is 0.242 e. The third kappa shape index (κ3) is 7.58. The van der Waals surface area contributed by atoms with E-state index in [1.807, 2.05) is 0 Å². The lowest BCUT2D eigenvalue weighted by atomic mass is 10.1. The Morgan fingerprint density at radius 3 is 2.30 bits per heavy atom. The van der Waals surface area contributed by atoms with Crippen LogP contribution in [0.25, 0.3) is 0 Å². The highest BCUT2D eigenvalue weighted by Crippen LogP contribution is 2.24. The van der Waals surface area contributed by atoms with Gasteiger partial charge in [-0.25, -0.2) is 12.8 Å². The van der Waals surface area contributed by atoms with E-state index in [2.05, 4.69) is 5.32 Å². The maximum absolute atomic E-state index is 13.2. The fourth-order valence-electron chi connectivity index (χ4n) is 3.24. The van der Waals surface area contributed by atoms with E-state index in [0.29, 0.717) is 21.3 Å². The molecule has 0 heterocycles. The molecular formula is C22H26Cl2FN3O4S. The monoisotopic (exact) mass is 517 g/mol. The van der Waals surface area contributed by atoms with E-state index in [4.69, 9.17) is 23.2 Å². The van der Waals surface area contributed by atoms with Crippen molar-refractivity contribution in [2.24, 2.45) is 0 Å². The molecule has 0 fully saturated rings. The van der Waals surface area contributed by atoms with Crippen LogP contribution in [0.2, 0.25) is 10.0 Å². The summed E-state index contributed by atoms with van der Waals surface area (Å²) in [6.07, 6.45) is 1.22. The molecule has 2 amide bonds. The number of benzene rings is 2. The molecule has 180 valence electrons. The van der Waals surface area contributed by atoms with Crippen molar-refractivity contribution in [2.75, 3.05) is 24.2 Å². The summed E-state index contributed by atoms with van der Waals surface area (Å²) in [5.74, 6) is -1.18. The predicted molar refractivity (Wildman–Crippen MR) is 128 cm³/mol. The quantitative estimate of drug-likeness (QED) is 0.518. The van der Waals surface area contributed by atoms with Gasteiger partial charge in [0.2, 0.25) is 21.8 Å². The van der Waals surface area contributed by atoms with Crippen LogP contribution in [0.1, 0.15) is 25.3 Å². The van der Waals surface area contributed by atoms with Gasteiger partial charge in [-0.1, -0.05) is 29.3 Å². The highest BCUT2D eigenvalue weighted by atomic mass is 35.5. The third-order valence-electron chi connectivity index (χ3n) is 5.04. The van der Waals surface area contributed by atoms with Crippen molar-refractivity contribution in [1.82, 2.24) is 10.2 Å². The van der Waals surface area contributed by atoms with Gasteiger partial charge in [-0.15, -0.1) is 0 Å². The second-order valence-electron chi connectivity index (χ2n) is 7.46. The van der Waals surface area contributed by atoms with Crippen molar-refractivity contribution in [3.05, 3.63) is 63.9 Å². The fourth-order valence-corrected chi connectivity index (χ4v) is 4.67. The van der Waals surface area contributed by atoms with Crippen molar-refractivity contribution < 1.29 is 22.4 Å². The number of sulfonamides is 1. The number of likely N-dealkylation sites (N-methyl/N-ethyl adjacent to an activating group) is 1. The molecule has 1 unspecified atom stereocenters. The standard InChI is InChI=1S/C22H26Cl2FN3O4S/c1-15(22(30)26-2)27(14-16-6-7-17(23)13-20(16)24)21(29)5-4-12-28(33(3,31)32)19-10-8-18(25)9-11-19/h6-11,13,15H,4-5,12,14H2,1-3H3,(H,26,30). The van der Waals surface area contributed by atoms with E-state index >= 15 is 0 Å². The molecule has 1 N–H and O–H groups in total. The van der Waals surface area contributed by atoms with E-state index in [1.165, 1.54) is 36.2 Å². The van der Waals surface area contributed by atoms with Gasteiger partial charge in [0, 0.05) is 36.6 Å². The molecule has 0 bridgehead atoms. The second-order valence-corrected chi connectivity index (χ2v) is 10.2. The maximum atomic E-state index is 13.2. The molecule has 0 radical (unpaired) electrons. The van der Waals surface area contributed by atoms with Crippen molar-refractivity contribution in [2.45, 2.75) is 32.4 Å². The van der Waals surface area contributed by atoms with Crippen molar-refractivity contribution in [3.8, 4) is 0 Å². The number of carbonyl (C=O) groups is 2. The first-order chi connectivity index (χ1) is 15.4. The van der Waals surface area contributed by atoms with E-state index in [9.17, 15) is 22.4 Å². The van der Waals surface area contributed by atoms with Gasteiger partial charge < -0.3 is 10.2 Å². The van der Waals surface area contributed by atoms with Gasteiger partial charge in [-0.2, -0.15) is 0 Å². The first-order valence-electron chi connectivity index (χ1n) is 10.1. The first kappa shape index (κ1) is 26.9. The van der Waals surface area contributed by atoms with Crippen LogP contribution in [0.3, 0.4) is 0 Å². The summed E-state index contributed by atoms with van der Waals surface area (Å²) in [7, 11) is -2.17. The summed E-state index contributed by atoms with van der Waals surface area (Å²) in [6, 6.07) is 9.16. The summed E-state index contributed by atoms with van der Waals surface area (Å²) in [6.45, 7) is 1.69. The average molecular weight is 518 g/mol. The molecule has 7 nitrogen and oxygen atoms in total. The summed E-state index contributed by atoms with van der Waals surface area (Å²) < 4.78 is 38.8.